The number of rotatable bonds is 14. The smallest absolute Gasteiger partial charge is 0.243 e. The van der Waals surface area contributed by atoms with Crippen LogP contribution in [-0.4, -0.2) is 35.3 Å². The van der Waals surface area contributed by atoms with Gasteiger partial charge in [0.1, 0.15) is 0 Å². The second-order valence-electron chi connectivity index (χ2n) is 12.4. The second kappa shape index (κ2) is 15.4. The second-order valence-corrected chi connectivity index (χ2v) is 14.3. The summed E-state index contributed by atoms with van der Waals surface area (Å²) in [5.41, 5.74) is 5.09. The van der Waals surface area contributed by atoms with Gasteiger partial charge in [0.2, 0.25) is 10.0 Å². The minimum atomic E-state index is -3.90. The van der Waals surface area contributed by atoms with E-state index in [1.807, 2.05) is 60.8 Å². The van der Waals surface area contributed by atoms with Gasteiger partial charge in [-0.3, -0.25) is 0 Å². The molecule has 236 valence electrons. The Kier molecular flexibility index (Phi) is 11.1. The van der Waals surface area contributed by atoms with Gasteiger partial charge in [-0.15, -0.1) is 0 Å². The highest BCUT2D eigenvalue weighted by Gasteiger charge is 2.37. The summed E-state index contributed by atoms with van der Waals surface area (Å²) in [4.78, 5) is 10.1. The summed E-state index contributed by atoms with van der Waals surface area (Å²) in [7, 11) is -3.90. The molecule has 8 heteroatoms. The standard InChI is InChI=1S/C37H45N5O2S/c1-3-4-6-12-29(2)13-11-17-32-16-9-10-18-37(32)45(43,44)42-25-33-21-31(23-38)19-20-36(33)41(26-34-24-39-28-40-34)27-35(42)22-30-14-7-5-8-15-30/h5,7-10,14-16,18-21,24,28-29,35H,3-4,6,11-13,17,22,25-27H2,1-2H3,(H,39,40)/t29?,35-/m1/s1. The molecule has 3 aromatic carbocycles. The van der Waals surface area contributed by atoms with Gasteiger partial charge in [0.05, 0.1) is 35.1 Å². The van der Waals surface area contributed by atoms with Crippen molar-refractivity contribution in [2.75, 3.05) is 11.4 Å². The Labute approximate surface area is 269 Å². The Morgan fingerprint density at radius 1 is 1.02 bits per heavy atom. The summed E-state index contributed by atoms with van der Waals surface area (Å²) < 4.78 is 31.4. The normalized spacial score (nSPS) is 16.1. The molecule has 45 heavy (non-hydrogen) atoms. The fourth-order valence-electron chi connectivity index (χ4n) is 6.50. The van der Waals surface area contributed by atoms with Crippen molar-refractivity contribution >= 4 is 15.7 Å². The lowest BCUT2D eigenvalue weighted by molar-refractivity contribution is 0.317. The Balaban J connectivity index is 1.50. The van der Waals surface area contributed by atoms with Crippen LogP contribution in [0.2, 0.25) is 0 Å². The number of aromatic amines is 1. The predicted molar refractivity (Wildman–Crippen MR) is 180 cm³/mol. The molecule has 0 saturated carbocycles. The lowest BCUT2D eigenvalue weighted by atomic mass is 9.96. The fraction of sp³-hybridized carbons (Fsp3) is 0.405. The summed E-state index contributed by atoms with van der Waals surface area (Å²) in [5, 5.41) is 9.74. The highest BCUT2D eigenvalue weighted by Crippen LogP contribution is 2.35. The Morgan fingerprint density at radius 2 is 1.80 bits per heavy atom. The van der Waals surface area contributed by atoms with Gasteiger partial charge in [-0.05, 0) is 66.1 Å². The summed E-state index contributed by atoms with van der Waals surface area (Å²) in [6, 6.07) is 25.1. The monoisotopic (exact) mass is 623 g/mol. The van der Waals surface area contributed by atoms with Crippen LogP contribution >= 0.6 is 0 Å². The maximum Gasteiger partial charge on any atom is 0.243 e. The Morgan fingerprint density at radius 3 is 2.56 bits per heavy atom. The first-order chi connectivity index (χ1) is 21.9. The molecule has 0 radical (unpaired) electrons. The quantitative estimate of drug-likeness (QED) is 0.146. The van der Waals surface area contributed by atoms with Gasteiger partial charge in [-0.2, -0.15) is 9.57 Å². The van der Waals surface area contributed by atoms with Crippen LogP contribution in [0.25, 0.3) is 0 Å². The zero-order valence-corrected chi connectivity index (χ0v) is 27.3. The molecule has 1 aromatic heterocycles. The molecule has 0 aliphatic carbocycles. The minimum Gasteiger partial charge on any atom is -0.364 e. The van der Waals surface area contributed by atoms with Crippen LogP contribution in [0.4, 0.5) is 5.69 Å². The third kappa shape index (κ3) is 8.22. The number of fused-ring (bicyclic) bond motifs is 1. The largest absolute Gasteiger partial charge is 0.364 e. The zero-order valence-electron chi connectivity index (χ0n) is 26.5. The van der Waals surface area contributed by atoms with Crippen molar-refractivity contribution < 1.29 is 8.42 Å². The molecule has 0 saturated heterocycles. The number of imidazole rings is 1. The van der Waals surface area contributed by atoms with E-state index in [4.69, 9.17) is 0 Å². The van der Waals surface area contributed by atoms with Gasteiger partial charge in [0.25, 0.3) is 0 Å². The van der Waals surface area contributed by atoms with Crippen LogP contribution in [0.3, 0.4) is 0 Å². The summed E-state index contributed by atoms with van der Waals surface area (Å²) >= 11 is 0. The van der Waals surface area contributed by atoms with E-state index < -0.39 is 10.0 Å². The number of H-pyrrole nitrogens is 1. The Hall–Kier alpha value is -3.93. The lowest BCUT2D eigenvalue weighted by Gasteiger charge is -2.32. The molecule has 1 aliphatic rings. The summed E-state index contributed by atoms with van der Waals surface area (Å²) in [5.74, 6) is 0.632. The highest BCUT2D eigenvalue weighted by molar-refractivity contribution is 7.89. The van der Waals surface area contributed by atoms with Gasteiger partial charge in [0, 0.05) is 31.0 Å². The number of hydrogen-bond donors (Lipinski definition) is 1. The maximum atomic E-state index is 14.8. The topological polar surface area (TPSA) is 93.1 Å². The predicted octanol–water partition coefficient (Wildman–Crippen LogP) is 7.64. The number of aryl methyl sites for hydroxylation is 1. The van der Waals surface area contributed by atoms with Crippen molar-refractivity contribution in [2.45, 2.75) is 89.2 Å². The van der Waals surface area contributed by atoms with Crippen molar-refractivity contribution in [3.05, 3.63) is 113 Å². The number of sulfonamides is 1. The Bertz CT molecular complexity index is 1660. The number of benzene rings is 3. The number of anilines is 1. The lowest BCUT2D eigenvalue weighted by Crippen LogP contribution is -2.45. The molecule has 2 atom stereocenters. The molecular weight excluding hydrogens is 579 g/mol. The molecule has 0 spiro atoms. The first-order valence-electron chi connectivity index (χ1n) is 16.3. The number of aromatic nitrogens is 2. The third-order valence-corrected chi connectivity index (χ3v) is 10.9. The molecule has 7 nitrogen and oxygen atoms in total. The molecule has 0 fully saturated rings. The fourth-order valence-corrected chi connectivity index (χ4v) is 8.35. The number of nitriles is 1. The van der Waals surface area contributed by atoms with Gasteiger partial charge < -0.3 is 9.88 Å². The van der Waals surface area contributed by atoms with Gasteiger partial charge in [0.15, 0.2) is 0 Å². The van der Waals surface area contributed by atoms with E-state index in [1.54, 1.807) is 16.7 Å². The van der Waals surface area contributed by atoms with E-state index in [-0.39, 0.29) is 12.6 Å². The highest BCUT2D eigenvalue weighted by atomic mass is 32.2. The average molecular weight is 624 g/mol. The van der Waals surface area contributed by atoms with Gasteiger partial charge in [-0.1, -0.05) is 94.5 Å². The summed E-state index contributed by atoms with van der Waals surface area (Å²) in [6.45, 7) is 5.73. The number of nitrogens with one attached hydrogen (secondary N) is 1. The van der Waals surface area contributed by atoms with Crippen LogP contribution < -0.4 is 4.90 Å². The molecule has 2 heterocycles. The molecule has 4 aromatic rings. The van der Waals surface area contributed by atoms with E-state index in [2.05, 4.69) is 46.9 Å². The minimum absolute atomic E-state index is 0.185. The van der Waals surface area contributed by atoms with Crippen molar-refractivity contribution in [1.82, 2.24) is 14.3 Å². The van der Waals surface area contributed by atoms with Crippen molar-refractivity contribution in [2.24, 2.45) is 5.92 Å². The zero-order chi connectivity index (χ0) is 31.6. The van der Waals surface area contributed by atoms with Crippen LogP contribution in [0, 0.1) is 17.2 Å². The molecule has 5 rings (SSSR count). The van der Waals surface area contributed by atoms with Crippen LogP contribution in [0.15, 0.2) is 90.2 Å². The van der Waals surface area contributed by atoms with E-state index in [0.717, 1.165) is 47.3 Å². The van der Waals surface area contributed by atoms with Crippen LogP contribution in [-0.2, 0) is 36.0 Å². The SMILES string of the molecule is CCCCCC(C)CCCc1ccccc1S(=O)(=O)N1Cc2cc(C#N)ccc2N(Cc2c[nH]cn2)C[C@H]1Cc1ccccc1. The molecule has 1 N–H and O–H groups in total. The van der Waals surface area contributed by atoms with E-state index >= 15 is 0 Å². The van der Waals surface area contributed by atoms with Gasteiger partial charge >= 0.3 is 0 Å². The van der Waals surface area contributed by atoms with Crippen molar-refractivity contribution in [3.8, 4) is 6.07 Å². The molecule has 0 bridgehead atoms. The van der Waals surface area contributed by atoms with Crippen molar-refractivity contribution in [3.63, 3.8) is 0 Å². The van der Waals surface area contributed by atoms with Crippen molar-refractivity contribution in [1.29, 1.82) is 5.26 Å². The first-order valence-corrected chi connectivity index (χ1v) is 17.7. The van der Waals surface area contributed by atoms with Gasteiger partial charge in [-0.25, -0.2) is 13.4 Å². The molecule has 1 aliphatic heterocycles. The molecule has 1 unspecified atom stereocenters. The number of hydrogen-bond acceptors (Lipinski definition) is 5. The summed E-state index contributed by atoms with van der Waals surface area (Å²) in [6.07, 6.45) is 11.8. The maximum absolute atomic E-state index is 14.8. The number of unbranched alkanes of at least 4 members (excludes halogenated alkanes) is 2. The molecule has 0 amide bonds. The molecular formula is C37H45N5O2S. The van der Waals surface area contributed by atoms with E-state index in [0.29, 0.717) is 35.9 Å². The third-order valence-electron chi connectivity index (χ3n) is 8.94. The number of nitrogens with zero attached hydrogens (tertiary/aromatic N) is 4. The van der Waals surface area contributed by atoms with E-state index in [1.165, 1.54) is 25.7 Å². The van der Waals surface area contributed by atoms with Crippen LogP contribution in [0.1, 0.15) is 80.3 Å². The first kappa shape index (κ1) is 32.5. The average Bonchev–Trinajstić information content (AvgIpc) is 3.51. The van der Waals surface area contributed by atoms with E-state index in [9.17, 15) is 13.7 Å². The van der Waals surface area contributed by atoms with Crippen LogP contribution in [0.5, 0.6) is 0 Å².